The summed E-state index contributed by atoms with van der Waals surface area (Å²) in [5.41, 5.74) is 16.9. The first-order chi connectivity index (χ1) is 19.9. The van der Waals surface area contributed by atoms with Gasteiger partial charge in [0.2, 0.25) is 0 Å². The largest absolute Gasteiger partial charge is 2.00 e. The van der Waals surface area contributed by atoms with Crippen LogP contribution in [0.2, 0.25) is 39.3 Å². The first-order valence-electron chi connectivity index (χ1n) is 15.2. The quantitative estimate of drug-likeness (QED) is 0.128. The van der Waals surface area contributed by atoms with Gasteiger partial charge >= 0.3 is 26.2 Å². The average molecular weight is 672 g/mol. The molecule has 2 nitrogen and oxygen atoms in total. The van der Waals surface area contributed by atoms with E-state index in [4.69, 9.17) is 0 Å². The molecule has 0 spiro atoms. The Morgan fingerprint density at radius 2 is 0.907 bits per heavy atom. The number of nitrogens with zero attached hydrogens (tertiary/aromatic N) is 2. The maximum absolute atomic E-state index is 3.62. The summed E-state index contributed by atoms with van der Waals surface area (Å²) < 4.78 is 5.28. The SMILES string of the molecule is Cc1[c-]c2c3c(n([Si](C)(C)C)c2cc1)-c1ccccc1C3.Cc1[c-]c2c3c(n([Si](C)(C)C)c2cc1)-c1ccccc1C3.[Zr+2]. The molecule has 0 fully saturated rings. The Kier molecular flexibility index (Phi) is 7.55. The number of aryl methyl sites for hydroxylation is 2. The number of aromatic nitrogens is 2. The second-order valence-corrected chi connectivity index (χ2v) is 23.7. The fraction of sp³-hybridized carbons (Fsp3) is 0.263. The summed E-state index contributed by atoms with van der Waals surface area (Å²) in [5, 5.41) is 2.67. The van der Waals surface area contributed by atoms with E-state index < -0.39 is 16.5 Å². The van der Waals surface area contributed by atoms with Crippen LogP contribution in [0.5, 0.6) is 0 Å². The summed E-state index contributed by atoms with van der Waals surface area (Å²) in [7, 11) is -2.98. The summed E-state index contributed by atoms with van der Waals surface area (Å²) in [6.45, 7) is 18.8. The summed E-state index contributed by atoms with van der Waals surface area (Å²) in [5.74, 6) is 0. The van der Waals surface area contributed by atoms with Gasteiger partial charge in [-0.15, -0.1) is 58.3 Å². The Labute approximate surface area is 278 Å². The molecule has 0 bridgehead atoms. The molecular weight excluding hydrogens is 632 g/mol. The molecule has 0 radical (unpaired) electrons. The molecule has 4 aromatic carbocycles. The van der Waals surface area contributed by atoms with E-state index >= 15 is 0 Å². The molecule has 2 aromatic heterocycles. The Balaban J connectivity index is 0.000000150. The van der Waals surface area contributed by atoms with Crippen molar-refractivity contribution in [2.24, 2.45) is 0 Å². The van der Waals surface area contributed by atoms with Crippen LogP contribution in [0.3, 0.4) is 0 Å². The van der Waals surface area contributed by atoms with Gasteiger partial charge in [0.05, 0.1) is 0 Å². The van der Waals surface area contributed by atoms with Crippen LogP contribution in [0.1, 0.15) is 33.4 Å². The van der Waals surface area contributed by atoms with Crippen LogP contribution in [0.4, 0.5) is 0 Å². The third-order valence-electron chi connectivity index (χ3n) is 8.86. The summed E-state index contributed by atoms with van der Waals surface area (Å²) >= 11 is 0. The van der Waals surface area contributed by atoms with Gasteiger partial charge in [-0.3, -0.25) is 0 Å². The first kappa shape index (κ1) is 30.3. The summed E-state index contributed by atoms with van der Waals surface area (Å²) in [4.78, 5) is 0. The van der Waals surface area contributed by atoms with Gasteiger partial charge in [0.1, 0.15) is 16.5 Å². The number of benzene rings is 4. The predicted molar refractivity (Wildman–Crippen MR) is 185 cm³/mol. The van der Waals surface area contributed by atoms with Crippen LogP contribution < -0.4 is 0 Å². The Hall–Kier alpha value is -2.72. The number of fused-ring (bicyclic) bond motifs is 10. The molecule has 8 rings (SSSR count). The average Bonchev–Trinajstić information content (AvgIpc) is 3.65. The molecule has 0 saturated heterocycles. The van der Waals surface area contributed by atoms with E-state index in [0.717, 1.165) is 12.8 Å². The van der Waals surface area contributed by atoms with Gasteiger partial charge in [-0.1, -0.05) is 124 Å². The van der Waals surface area contributed by atoms with Gasteiger partial charge < -0.3 is 8.47 Å². The van der Waals surface area contributed by atoms with Crippen molar-refractivity contribution in [3.63, 3.8) is 0 Å². The van der Waals surface area contributed by atoms with E-state index in [1.165, 1.54) is 77.7 Å². The van der Waals surface area contributed by atoms with Crippen LogP contribution in [0.15, 0.2) is 72.8 Å². The van der Waals surface area contributed by atoms with Crippen molar-refractivity contribution in [2.75, 3.05) is 0 Å². The van der Waals surface area contributed by atoms with Crippen molar-refractivity contribution in [1.29, 1.82) is 0 Å². The van der Waals surface area contributed by atoms with Crippen molar-refractivity contribution in [3.05, 3.63) is 118 Å². The molecule has 6 aromatic rings. The van der Waals surface area contributed by atoms with Gasteiger partial charge in [-0.25, -0.2) is 0 Å². The zero-order valence-corrected chi connectivity index (χ0v) is 31.2. The van der Waals surface area contributed by atoms with Crippen LogP contribution in [-0.4, -0.2) is 24.9 Å². The zero-order chi connectivity index (χ0) is 29.6. The Morgan fingerprint density at radius 3 is 1.28 bits per heavy atom. The molecule has 0 saturated carbocycles. The molecule has 0 aliphatic heterocycles. The molecule has 0 amide bonds. The second-order valence-electron chi connectivity index (χ2n) is 14.1. The third-order valence-corrected chi connectivity index (χ3v) is 12.5. The summed E-state index contributed by atoms with van der Waals surface area (Å²) in [6, 6.07) is 33.9. The molecule has 2 aliphatic rings. The maximum atomic E-state index is 3.62. The van der Waals surface area contributed by atoms with Crippen molar-refractivity contribution < 1.29 is 26.2 Å². The van der Waals surface area contributed by atoms with Crippen LogP contribution in [-0.2, 0) is 39.0 Å². The van der Waals surface area contributed by atoms with Crippen molar-refractivity contribution in [2.45, 2.75) is 66.0 Å². The standard InChI is InChI=1S/2C19H20NSi.Zr/c2*1-13-9-10-18-16(11-13)17-12-14-7-5-6-8-15(14)19(17)20(18)21(2,3)4;/h2*5-10H,12H2,1-4H3;/q2*-1;+2. The molecule has 2 aliphatic carbocycles. The van der Waals surface area contributed by atoms with Crippen LogP contribution >= 0.6 is 0 Å². The second kappa shape index (κ2) is 10.7. The zero-order valence-electron chi connectivity index (χ0n) is 26.7. The minimum absolute atomic E-state index is 0. The third kappa shape index (κ3) is 4.92. The van der Waals surface area contributed by atoms with Gasteiger partial charge in [-0.2, -0.15) is 0 Å². The van der Waals surface area contributed by atoms with E-state index in [1.807, 2.05) is 0 Å². The van der Waals surface area contributed by atoms with Crippen LogP contribution in [0.25, 0.3) is 44.3 Å². The van der Waals surface area contributed by atoms with Gasteiger partial charge in [0.15, 0.2) is 0 Å². The molecule has 0 N–H and O–H groups in total. The van der Waals surface area contributed by atoms with E-state index in [1.54, 1.807) is 0 Å². The molecule has 214 valence electrons. The van der Waals surface area contributed by atoms with Crippen molar-refractivity contribution in [3.8, 4) is 22.5 Å². The minimum Gasteiger partial charge on any atom is -0.416 e. The number of rotatable bonds is 2. The smallest absolute Gasteiger partial charge is 0.416 e. The molecule has 0 unspecified atom stereocenters. The fourth-order valence-corrected chi connectivity index (χ4v) is 10.9. The molecule has 5 heteroatoms. The topological polar surface area (TPSA) is 9.86 Å². The van der Waals surface area contributed by atoms with E-state index in [2.05, 4.69) is 147 Å². The minimum atomic E-state index is -1.49. The van der Waals surface area contributed by atoms with E-state index in [-0.39, 0.29) is 26.2 Å². The Bertz CT molecular complexity index is 1880. The number of hydrogen-bond acceptors (Lipinski definition) is 0. The number of hydrogen-bond donors (Lipinski definition) is 0. The van der Waals surface area contributed by atoms with Gasteiger partial charge in [0.25, 0.3) is 0 Å². The fourth-order valence-electron chi connectivity index (χ4n) is 7.26. The van der Waals surface area contributed by atoms with E-state index in [0.29, 0.717) is 0 Å². The molecular formula is C38H40N2Si2Zr. The normalized spacial score (nSPS) is 13.2. The Morgan fingerprint density at radius 1 is 0.535 bits per heavy atom. The molecule has 2 heterocycles. The maximum Gasteiger partial charge on any atom is 2.00 e. The monoisotopic (exact) mass is 670 g/mol. The van der Waals surface area contributed by atoms with Crippen molar-refractivity contribution >= 4 is 38.3 Å². The molecule has 43 heavy (non-hydrogen) atoms. The predicted octanol–water partition coefficient (Wildman–Crippen LogP) is 10.0. The molecule has 0 atom stereocenters. The van der Waals surface area contributed by atoms with Crippen LogP contribution in [0, 0.1) is 26.0 Å². The summed E-state index contributed by atoms with van der Waals surface area (Å²) in [6.07, 6.45) is 2.11. The van der Waals surface area contributed by atoms with Gasteiger partial charge in [0, 0.05) is 0 Å². The van der Waals surface area contributed by atoms with E-state index in [9.17, 15) is 0 Å². The van der Waals surface area contributed by atoms with Crippen molar-refractivity contribution in [1.82, 2.24) is 8.47 Å². The van der Waals surface area contributed by atoms with Gasteiger partial charge in [-0.05, 0) is 46.5 Å². The first-order valence-corrected chi connectivity index (χ1v) is 22.1.